The van der Waals surface area contributed by atoms with E-state index in [-0.39, 0.29) is 34.4 Å². The van der Waals surface area contributed by atoms with Crippen LogP contribution in [0.2, 0.25) is 5.02 Å². The highest BCUT2D eigenvalue weighted by Crippen LogP contribution is 2.49. The molecule has 2 bridgehead atoms. The first-order chi connectivity index (χ1) is 24.5. The van der Waals surface area contributed by atoms with Crippen LogP contribution in [-0.2, 0) is 32.3 Å². The molecule has 51 heavy (non-hydrogen) atoms. The van der Waals surface area contributed by atoms with Crippen molar-refractivity contribution in [2.24, 2.45) is 11.8 Å². The Balaban J connectivity index is 0.983. The lowest BCUT2D eigenvalue weighted by Crippen LogP contribution is -2.62. The Morgan fingerprint density at radius 3 is 2.45 bits per heavy atom. The number of piperidine rings is 3. The summed E-state index contributed by atoms with van der Waals surface area (Å²) in [5, 5.41) is 5.58. The Labute approximate surface area is 304 Å². The average molecular weight is 730 g/mol. The molecule has 0 aromatic heterocycles. The van der Waals surface area contributed by atoms with E-state index in [0.717, 1.165) is 69.9 Å². The lowest BCUT2D eigenvalue weighted by molar-refractivity contribution is -0.146. The van der Waals surface area contributed by atoms with Crippen LogP contribution < -0.4 is 10.6 Å². The molecule has 8 rings (SSSR count). The van der Waals surface area contributed by atoms with Gasteiger partial charge in [0.05, 0.1) is 16.3 Å². The van der Waals surface area contributed by atoms with E-state index in [1.807, 2.05) is 23.1 Å². The topological polar surface area (TPSA) is 77.1 Å². The summed E-state index contributed by atoms with van der Waals surface area (Å²) in [6.45, 7) is 6.57. The van der Waals surface area contributed by atoms with Crippen LogP contribution >= 0.6 is 11.6 Å². The fourth-order valence-corrected chi connectivity index (χ4v) is 10.1. The lowest BCUT2D eigenvalue weighted by atomic mass is 9.63. The number of para-hydroxylation sites is 1. The van der Waals surface area contributed by atoms with Crippen LogP contribution in [0.3, 0.4) is 0 Å². The zero-order valence-electron chi connectivity index (χ0n) is 29.6. The van der Waals surface area contributed by atoms with Gasteiger partial charge in [-0.15, -0.1) is 0 Å². The number of piperazine rings is 1. The van der Waals surface area contributed by atoms with Crippen LogP contribution in [0.5, 0.6) is 0 Å². The number of halogens is 4. The van der Waals surface area contributed by atoms with E-state index in [0.29, 0.717) is 49.6 Å². The standard InChI is InChI=1S/C39H51ClF3N5O3/c1-44-36-30(39(41,42)43)21-27(22-31(36)40)23-34(37(50)48-18-16-47(17-19-48)33-25-46-14-10-28(33)11-15-46)51-20-4-5-26-8-12-38(13-9-26)24-35(49)45-32-7-3-2-6-29(32)38/h2-3,6-7,21-22,26,28,33-34,44H,4-5,8-20,23-25H2,1H3,(H,45,49)/t26?,33?,34-,38?/m1/s1. The number of carbonyl (C=O) groups excluding carboxylic acids is 2. The van der Waals surface area contributed by atoms with Crippen molar-refractivity contribution in [1.29, 1.82) is 0 Å². The number of nitrogens with one attached hydrogen (secondary N) is 2. The van der Waals surface area contributed by atoms with Gasteiger partial charge in [-0.3, -0.25) is 14.5 Å². The van der Waals surface area contributed by atoms with E-state index >= 15 is 0 Å². The molecular weight excluding hydrogens is 679 g/mol. The fraction of sp³-hybridized carbons (Fsp3) is 0.641. The molecule has 12 heteroatoms. The monoisotopic (exact) mass is 729 g/mol. The Morgan fingerprint density at radius 1 is 1.06 bits per heavy atom. The van der Waals surface area contributed by atoms with Gasteiger partial charge in [-0.2, -0.15) is 13.2 Å². The molecule has 1 aliphatic carbocycles. The maximum absolute atomic E-state index is 14.1. The summed E-state index contributed by atoms with van der Waals surface area (Å²) < 4.78 is 48.4. The third-order valence-corrected chi connectivity index (χ3v) is 12.8. The number of anilines is 2. The number of alkyl halides is 3. The molecular formula is C39H51ClF3N5O3. The Kier molecular flexibility index (Phi) is 10.9. The largest absolute Gasteiger partial charge is 0.418 e. The van der Waals surface area contributed by atoms with E-state index in [1.54, 1.807) is 0 Å². The van der Waals surface area contributed by atoms with Gasteiger partial charge in [-0.25, -0.2) is 0 Å². The second kappa shape index (κ2) is 15.2. The first-order valence-corrected chi connectivity index (χ1v) is 19.2. The van der Waals surface area contributed by atoms with Crippen molar-refractivity contribution >= 4 is 34.8 Å². The van der Waals surface area contributed by atoms with Gasteiger partial charge in [0.15, 0.2) is 0 Å². The van der Waals surface area contributed by atoms with Crippen LogP contribution in [0.4, 0.5) is 24.5 Å². The number of hydrogen-bond donors (Lipinski definition) is 2. The minimum atomic E-state index is -4.61. The van der Waals surface area contributed by atoms with Gasteiger partial charge in [0, 0.05) is 76.4 Å². The van der Waals surface area contributed by atoms with Crippen LogP contribution in [0.1, 0.15) is 74.5 Å². The molecule has 5 heterocycles. The van der Waals surface area contributed by atoms with Crippen molar-refractivity contribution in [3.05, 3.63) is 58.1 Å². The minimum absolute atomic E-state index is 0.0128. The molecule has 2 N–H and O–H groups in total. The number of carbonyl (C=O) groups is 2. The van der Waals surface area contributed by atoms with Gasteiger partial charge in [0.1, 0.15) is 6.10 Å². The van der Waals surface area contributed by atoms with Crippen molar-refractivity contribution in [1.82, 2.24) is 14.7 Å². The van der Waals surface area contributed by atoms with Crippen molar-refractivity contribution in [3.8, 4) is 0 Å². The lowest BCUT2D eigenvalue weighted by Gasteiger charge is -2.51. The molecule has 1 unspecified atom stereocenters. The molecule has 2 amide bonds. The van der Waals surface area contributed by atoms with E-state index in [2.05, 4.69) is 26.5 Å². The third-order valence-electron chi connectivity index (χ3n) is 12.5. The van der Waals surface area contributed by atoms with Crippen LogP contribution in [-0.4, -0.2) is 98.1 Å². The van der Waals surface area contributed by atoms with Crippen molar-refractivity contribution < 1.29 is 27.5 Å². The molecule has 2 aromatic rings. The minimum Gasteiger partial charge on any atom is -0.386 e. The molecule has 8 nitrogen and oxygen atoms in total. The number of ether oxygens (including phenoxy) is 1. The van der Waals surface area contributed by atoms with E-state index in [9.17, 15) is 22.8 Å². The molecule has 4 saturated heterocycles. The molecule has 2 aromatic carbocycles. The third kappa shape index (κ3) is 7.92. The summed E-state index contributed by atoms with van der Waals surface area (Å²) in [7, 11) is 1.41. The number of nitrogens with zero attached hydrogens (tertiary/aromatic N) is 3. The molecule has 0 radical (unpaired) electrons. The second-order valence-corrected chi connectivity index (χ2v) is 15.9. The number of hydrogen-bond acceptors (Lipinski definition) is 6. The summed E-state index contributed by atoms with van der Waals surface area (Å²) >= 11 is 6.34. The molecule has 1 spiro atoms. The summed E-state index contributed by atoms with van der Waals surface area (Å²) in [6, 6.07) is 11.3. The van der Waals surface area contributed by atoms with Gasteiger partial charge >= 0.3 is 6.18 Å². The molecule has 1 saturated carbocycles. The van der Waals surface area contributed by atoms with Gasteiger partial charge in [-0.1, -0.05) is 29.8 Å². The highest BCUT2D eigenvalue weighted by Gasteiger charge is 2.43. The first kappa shape index (κ1) is 36.5. The average Bonchev–Trinajstić information content (AvgIpc) is 3.13. The molecule has 2 atom stereocenters. The maximum atomic E-state index is 14.1. The summed E-state index contributed by atoms with van der Waals surface area (Å²) in [5.74, 6) is 1.13. The zero-order chi connectivity index (χ0) is 35.8. The SMILES string of the molecule is CNc1c(Cl)cc(C[C@@H](OCCCC2CCC3(CC2)CC(=O)Nc2ccccc23)C(=O)N2CCN(C3CN4CCC3CC4)CC2)cc1C(F)(F)F. The van der Waals surface area contributed by atoms with E-state index < -0.39 is 17.8 Å². The number of benzene rings is 2. The normalized spacial score (nSPS) is 28.7. The summed E-state index contributed by atoms with van der Waals surface area (Å²) in [5.41, 5.74) is 1.37. The molecule has 5 aliphatic heterocycles. The van der Waals surface area contributed by atoms with Crippen molar-refractivity contribution in [2.75, 3.05) is 70.1 Å². The Bertz CT molecular complexity index is 1570. The number of rotatable bonds is 10. The van der Waals surface area contributed by atoms with Gasteiger partial charge < -0.3 is 25.2 Å². The maximum Gasteiger partial charge on any atom is 0.418 e. The highest BCUT2D eigenvalue weighted by atomic mass is 35.5. The smallest absolute Gasteiger partial charge is 0.386 e. The van der Waals surface area contributed by atoms with Gasteiger partial charge in [0.25, 0.3) is 5.91 Å². The van der Waals surface area contributed by atoms with Crippen molar-refractivity contribution in [2.45, 2.75) is 87.9 Å². The Morgan fingerprint density at radius 2 is 1.78 bits per heavy atom. The number of amides is 2. The van der Waals surface area contributed by atoms with E-state index in [1.165, 1.54) is 44.6 Å². The first-order valence-electron chi connectivity index (χ1n) is 18.9. The zero-order valence-corrected chi connectivity index (χ0v) is 30.3. The quantitative estimate of drug-likeness (QED) is 0.262. The predicted octanol–water partition coefficient (Wildman–Crippen LogP) is 6.82. The van der Waals surface area contributed by atoms with Gasteiger partial charge in [-0.05, 0) is 106 Å². The van der Waals surface area contributed by atoms with Crippen LogP contribution in [0.25, 0.3) is 0 Å². The molecule has 278 valence electrons. The summed E-state index contributed by atoms with van der Waals surface area (Å²) in [6.07, 6.45) is 3.14. The predicted molar refractivity (Wildman–Crippen MR) is 193 cm³/mol. The second-order valence-electron chi connectivity index (χ2n) is 15.5. The number of fused-ring (bicyclic) bond motifs is 5. The highest BCUT2D eigenvalue weighted by molar-refractivity contribution is 6.33. The van der Waals surface area contributed by atoms with Crippen LogP contribution in [0.15, 0.2) is 36.4 Å². The Hall–Kier alpha value is -2.86. The fourth-order valence-electron chi connectivity index (χ4n) is 9.73. The molecule has 6 aliphatic rings. The van der Waals surface area contributed by atoms with Crippen LogP contribution in [0, 0.1) is 11.8 Å². The summed E-state index contributed by atoms with van der Waals surface area (Å²) in [4.78, 5) is 33.6. The van der Waals surface area contributed by atoms with Crippen molar-refractivity contribution in [3.63, 3.8) is 0 Å². The molecule has 5 fully saturated rings. The van der Waals surface area contributed by atoms with E-state index in [4.69, 9.17) is 16.3 Å². The van der Waals surface area contributed by atoms with Gasteiger partial charge in [0.2, 0.25) is 5.91 Å².